The van der Waals surface area contributed by atoms with E-state index in [1.807, 2.05) is 47.5 Å². The molecule has 7 heteroatoms. The largest absolute Gasteiger partial charge is 0.504 e. The molecule has 174 valence electrons. The van der Waals surface area contributed by atoms with Crippen LogP contribution in [0.5, 0.6) is 17.2 Å². The van der Waals surface area contributed by atoms with Crippen LogP contribution in [0.2, 0.25) is 0 Å². The molecule has 1 spiro atoms. The van der Waals surface area contributed by atoms with E-state index in [0.29, 0.717) is 23.8 Å². The number of pyridine rings is 1. The van der Waals surface area contributed by atoms with Crippen LogP contribution in [0.1, 0.15) is 29.7 Å². The van der Waals surface area contributed by atoms with Gasteiger partial charge in [0, 0.05) is 36.6 Å². The van der Waals surface area contributed by atoms with Gasteiger partial charge in [0.1, 0.15) is 17.8 Å². The van der Waals surface area contributed by atoms with Crippen molar-refractivity contribution in [2.24, 2.45) is 5.92 Å². The lowest BCUT2D eigenvalue weighted by Gasteiger charge is -2.34. The number of fused-ring (bicyclic) bond motifs is 4. The van der Waals surface area contributed by atoms with Gasteiger partial charge in [-0.15, -0.1) is 0 Å². The second-order valence-corrected chi connectivity index (χ2v) is 9.50. The first-order valence-electron chi connectivity index (χ1n) is 11.8. The van der Waals surface area contributed by atoms with Crippen molar-refractivity contribution in [2.75, 3.05) is 31.1 Å². The molecule has 3 aliphatic heterocycles. The minimum absolute atomic E-state index is 0.0199. The minimum Gasteiger partial charge on any atom is -0.504 e. The summed E-state index contributed by atoms with van der Waals surface area (Å²) in [4.78, 5) is 22.8. The molecule has 1 fully saturated rings. The van der Waals surface area contributed by atoms with Crippen LogP contribution >= 0.6 is 0 Å². The summed E-state index contributed by atoms with van der Waals surface area (Å²) in [6, 6.07) is 16.8. The number of hydrogen-bond donors (Lipinski definition) is 2. The Hall–Kier alpha value is -3.58. The van der Waals surface area contributed by atoms with Crippen molar-refractivity contribution in [3.05, 3.63) is 77.6 Å². The molecule has 1 aromatic heterocycles. The number of benzene rings is 2. The summed E-state index contributed by atoms with van der Waals surface area (Å²) >= 11 is 0. The number of aromatic nitrogens is 1. The van der Waals surface area contributed by atoms with Crippen LogP contribution in [0.3, 0.4) is 0 Å². The number of aromatic hydroxyl groups is 2. The monoisotopic (exact) mass is 457 g/mol. The van der Waals surface area contributed by atoms with Crippen LogP contribution < -0.4 is 9.64 Å². The average Bonchev–Trinajstić information content (AvgIpc) is 3.33. The van der Waals surface area contributed by atoms with Crippen LogP contribution in [0, 0.1) is 5.92 Å². The summed E-state index contributed by atoms with van der Waals surface area (Å²) < 4.78 is 5.88. The van der Waals surface area contributed by atoms with Gasteiger partial charge in [0.05, 0.1) is 5.69 Å². The van der Waals surface area contributed by atoms with Crippen molar-refractivity contribution in [3.63, 3.8) is 0 Å². The van der Waals surface area contributed by atoms with E-state index < -0.39 is 5.41 Å². The fourth-order valence-corrected chi connectivity index (χ4v) is 5.69. The Morgan fingerprint density at radius 3 is 2.56 bits per heavy atom. The summed E-state index contributed by atoms with van der Waals surface area (Å²) in [5, 5.41) is 20.1. The van der Waals surface area contributed by atoms with E-state index >= 15 is 0 Å². The third-order valence-electron chi connectivity index (χ3n) is 7.51. The fraction of sp³-hybridized carbons (Fsp3) is 0.333. The fourth-order valence-electron chi connectivity index (χ4n) is 5.69. The van der Waals surface area contributed by atoms with Crippen molar-refractivity contribution < 1.29 is 19.7 Å². The highest BCUT2D eigenvalue weighted by Gasteiger charge is 2.57. The number of phenols is 2. The molecule has 1 saturated heterocycles. The van der Waals surface area contributed by atoms with Crippen molar-refractivity contribution in [2.45, 2.75) is 24.8 Å². The van der Waals surface area contributed by atoms with Crippen LogP contribution in [0.15, 0.2) is 60.8 Å². The zero-order chi connectivity index (χ0) is 23.3. The lowest BCUT2D eigenvalue weighted by Crippen LogP contribution is -2.45. The molecule has 1 unspecified atom stereocenters. The van der Waals surface area contributed by atoms with Gasteiger partial charge in [-0.3, -0.25) is 14.7 Å². The quantitative estimate of drug-likeness (QED) is 0.584. The molecule has 6 rings (SSSR count). The van der Waals surface area contributed by atoms with Gasteiger partial charge in [-0.05, 0) is 61.7 Å². The van der Waals surface area contributed by atoms with Gasteiger partial charge < -0.3 is 19.8 Å². The lowest BCUT2D eigenvalue weighted by atomic mass is 9.77. The van der Waals surface area contributed by atoms with Crippen molar-refractivity contribution >= 4 is 11.6 Å². The maximum Gasteiger partial charge on any atom is 0.245 e. The third kappa shape index (κ3) is 3.22. The highest BCUT2D eigenvalue weighted by Crippen LogP contribution is 2.54. The number of carbonyl (C=O) groups is 1. The van der Waals surface area contributed by atoms with Gasteiger partial charge in [0.15, 0.2) is 11.5 Å². The first-order valence-corrected chi connectivity index (χ1v) is 11.8. The zero-order valence-electron chi connectivity index (χ0n) is 18.9. The molecule has 0 bridgehead atoms. The van der Waals surface area contributed by atoms with Gasteiger partial charge in [-0.1, -0.05) is 24.3 Å². The summed E-state index contributed by atoms with van der Waals surface area (Å²) in [7, 11) is 0. The van der Waals surface area contributed by atoms with Crippen LogP contribution in [0.25, 0.3) is 0 Å². The number of phenolic OH excluding ortho intramolecular Hbond substituents is 2. The predicted molar refractivity (Wildman–Crippen MR) is 127 cm³/mol. The number of likely N-dealkylation sites (tertiary alicyclic amines) is 1. The van der Waals surface area contributed by atoms with Crippen LogP contribution in [0.4, 0.5) is 5.69 Å². The molecule has 3 aromatic rings. The number of para-hydroxylation sites is 1. The topological polar surface area (TPSA) is 86.1 Å². The standard InChI is InChI=1S/C27H27N3O4/c31-23-13-21-25(14-24(23)32)34-17-27(21)20-6-1-2-7-22(20)30(26(27)33)15-18-8-11-29(12-9-18)16-19-5-3-4-10-28-19/h1-7,10,13-14,18,31-32H,8-9,11-12,15-17H2. The van der Waals surface area contributed by atoms with Gasteiger partial charge in [-0.25, -0.2) is 0 Å². The Bertz CT molecular complexity index is 1240. The molecule has 7 nitrogen and oxygen atoms in total. The molecule has 1 atom stereocenters. The Morgan fingerprint density at radius 2 is 1.76 bits per heavy atom. The maximum atomic E-state index is 14.0. The SMILES string of the molecule is O=C1N(CC2CCN(Cc3ccccn3)CC2)c2ccccc2C12COc1cc(O)c(O)cc12. The van der Waals surface area contributed by atoms with Gasteiger partial charge in [0.25, 0.3) is 0 Å². The maximum absolute atomic E-state index is 14.0. The summed E-state index contributed by atoms with van der Waals surface area (Å²) in [6.07, 6.45) is 3.88. The Morgan fingerprint density at radius 1 is 1.00 bits per heavy atom. The smallest absolute Gasteiger partial charge is 0.245 e. The second kappa shape index (κ2) is 8.02. The molecule has 2 N–H and O–H groups in total. The highest BCUT2D eigenvalue weighted by atomic mass is 16.5. The third-order valence-corrected chi connectivity index (χ3v) is 7.51. The number of carbonyl (C=O) groups excluding carboxylic acids is 1. The van der Waals surface area contributed by atoms with E-state index in [1.54, 1.807) is 0 Å². The molecule has 3 aliphatic rings. The number of amides is 1. The molecule has 2 aromatic carbocycles. The summed E-state index contributed by atoms with van der Waals surface area (Å²) in [5.41, 5.74) is 2.52. The van der Waals surface area contributed by atoms with E-state index in [0.717, 1.165) is 49.4 Å². The van der Waals surface area contributed by atoms with Gasteiger partial charge in [0.2, 0.25) is 5.91 Å². The Balaban J connectivity index is 1.23. The minimum atomic E-state index is -0.989. The van der Waals surface area contributed by atoms with Gasteiger partial charge >= 0.3 is 0 Å². The van der Waals surface area contributed by atoms with Gasteiger partial charge in [-0.2, -0.15) is 0 Å². The van der Waals surface area contributed by atoms with E-state index in [2.05, 4.69) is 16.0 Å². The van der Waals surface area contributed by atoms with Crippen molar-refractivity contribution in [1.29, 1.82) is 0 Å². The first-order chi connectivity index (χ1) is 16.6. The molecule has 0 aliphatic carbocycles. The second-order valence-electron chi connectivity index (χ2n) is 9.50. The number of anilines is 1. The van der Waals surface area contributed by atoms with E-state index in [4.69, 9.17) is 4.74 Å². The summed E-state index contributed by atoms with van der Waals surface area (Å²) in [6.45, 7) is 3.64. The molecule has 34 heavy (non-hydrogen) atoms. The number of hydrogen-bond acceptors (Lipinski definition) is 6. The zero-order valence-corrected chi connectivity index (χ0v) is 18.9. The van der Waals surface area contributed by atoms with Crippen LogP contribution in [-0.2, 0) is 16.8 Å². The number of piperidine rings is 1. The number of nitrogens with zero attached hydrogens (tertiary/aromatic N) is 3. The van der Waals surface area contributed by atoms with E-state index in [-0.39, 0.29) is 24.0 Å². The van der Waals surface area contributed by atoms with Crippen molar-refractivity contribution in [3.8, 4) is 17.2 Å². The van der Waals surface area contributed by atoms with E-state index in [1.165, 1.54) is 12.1 Å². The molecular weight excluding hydrogens is 430 g/mol. The molecule has 1 amide bonds. The summed E-state index contributed by atoms with van der Waals surface area (Å²) in [5.74, 6) is 0.343. The first kappa shape index (κ1) is 21.0. The molecule has 0 saturated carbocycles. The van der Waals surface area contributed by atoms with Crippen molar-refractivity contribution in [1.82, 2.24) is 9.88 Å². The lowest BCUT2D eigenvalue weighted by molar-refractivity contribution is -0.122. The number of rotatable bonds is 4. The molecular formula is C27H27N3O4. The molecule has 0 radical (unpaired) electrons. The molecule has 4 heterocycles. The highest BCUT2D eigenvalue weighted by molar-refractivity contribution is 6.11. The Kier molecular flexibility index (Phi) is 4.95. The number of ether oxygens (including phenoxy) is 1. The van der Waals surface area contributed by atoms with Crippen LogP contribution in [-0.4, -0.2) is 52.2 Å². The Labute approximate surface area is 198 Å². The average molecular weight is 458 g/mol. The van der Waals surface area contributed by atoms with E-state index in [9.17, 15) is 15.0 Å². The predicted octanol–water partition coefficient (Wildman–Crippen LogP) is 3.43. The normalized spacial score (nSPS) is 22.1.